The maximum atomic E-state index is 13.3. The van der Waals surface area contributed by atoms with Gasteiger partial charge in [-0.2, -0.15) is 10.4 Å². The number of alkyl halides is 1. The first-order valence-electron chi connectivity index (χ1n) is 4.30. The van der Waals surface area contributed by atoms with Gasteiger partial charge in [0, 0.05) is 6.20 Å². The van der Waals surface area contributed by atoms with Crippen LogP contribution in [-0.4, -0.2) is 21.4 Å². The second-order valence-corrected chi connectivity index (χ2v) is 3.78. The van der Waals surface area contributed by atoms with Crippen LogP contribution >= 0.6 is 0 Å². The first kappa shape index (κ1) is 11.2. The van der Waals surface area contributed by atoms with E-state index in [2.05, 4.69) is 5.10 Å². The smallest absolute Gasteiger partial charge is 0.253 e. The van der Waals surface area contributed by atoms with E-state index in [1.54, 1.807) is 6.07 Å². The molecule has 0 aromatic carbocycles. The minimum Gasteiger partial charge on any atom is -0.365 e. The molecule has 0 saturated heterocycles. The van der Waals surface area contributed by atoms with Crippen LogP contribution < -0.4 is 5.73 Å². The molecule has 15 heavy (non-hydrogen) atoms. The number of primary amides is 1. The molecule has 0 aliphatic rings. The molecule has 0 aliphatic heterocycles. The number of nitriles is 1. The van der Waals surface area contributed by atoms with Gasteiger partial charge in [-0.25, -0.2) is 4.39 Å². The number of nitrogens with two attached hydrogens (primary N) is 1. The highest BCUT2D eigenvalue weighted by Crippen LogP contribution is 2.13. The summed E-state index contributed by atoms with van der Waals surface area (Å²) in [5.74, 6) is -0.741. The molecule has 0 spiro atoms. The van der Waals surface area contributed by atoms with E-state index in [9.17, 15) is 9.18 Å². The molecule has 6 heteroatoms. The van der Waals surface area contributed by atoms with Gasteiger partial charge in [-0.15, -0.1) is 0 Å². The van der Waals surface area contributed by atoms with Crippen molar-refractivity contribution in [2.75, 3.05) is 0 Å². The van der Waals surface area contributed by atoms with Crippen molar-refractivity contribution in [3.8, 4) is 6.07 Å². The van der Waals surface area contributed by atoms with Crippen LogP contribution in [0.3, 0.4) is 0 Å². The van der Waals surface area contributed by atoms with E-state index in [-0.39, 0.29) is 17.8 Å². The third-order valence-corrected chi connectivity index (χ3v) is 1.67. The average molecular weight is 210 g/mol. The SMILES string of the molecule is CC(C)(F)Cn1cc(C(N)=O)c(C#N)n1. The number of amides is 1. The van der Waals surface area contributed by atoms with Crippen LogP contribution in [0, 0.1) is 11.3 Å². The summed E-state index contributed by atoms with van der Waals surface area (Å²) in [4.78, 5) is 10.9. The predicted octanol–water partition coefficient (Wildman–Crippen LogP) is 0.602. The van der Waals surface area contributed by atoms with Gasteiger partial charge in [0.05, 0.1) is 12.1 Å². The van der Waals surface area contributed by atoms with E-state index in [1.807, 2.05) is 0 Å². The largest absolute Gasteiger partial charge is 0.365 e. The maximum Gasteiger partial charge on any atom is 0.253 e. The summed E-state index contributed by atoms with van der Waals surface area (Å²) in [7, 11) is 0. The van der Waals surface area contributed by atoms with E-state index in [1.165, 1.54) is 24.7 Å². The van der Waals surface area contributed by atoms with E-state index in [4.69, 9.17) is 11.0 Å². The first-order valence-corrected chi connectivity index (χ1v) is 4.30. The van der Waals surface area contributed by atoms with Crippen molar-refractivity contribution in [1.29, 1.82) is 5.26 Å². The number of rotatable bonds is 3. The summed E-state index contributed by atoms with van der Waals surface area (Å²) in [6.45, 7) is 2.73. The fourth-order valence-electron chi connectivity index (χ4n) is 1.15. The Morgan fingerprint density at radius 2 is 2.40 bits per heavy atom. The molecule has 80 valence electrons. The minimum absolute atomic E-state index is 0.0155. The third kappa shape index (κ3) is 2.77. The molecule has 0 radical (unpaired) electrons. The third-order valence-electron chi connectivity index (χ3n) is 1.67. The van der Waals surface area contributed by atoms with Crippen molar-refractivity contribution in [3.05, 3.63) is 17.5 Å². The Morgan fingerprint density at radius 3 is 2.73 bits per heavy atom. The zero-order valence-corrected chi connectivity index (χ0v) is 8.49. The monoisotopic (exact) mass is 210 g/mol. The number of hydrogen-bond acceptors (Lipinski definition) is 3. The van der Waals surface area contributed by atoms with E-state index in [0.29, 0.717) is 0 Å². The molecule has 0 bridgehead atoms. The zero-order valence-electron chi connectivity index (χ0n) is 8.49. The first-order chi connectivity index (χ1) is 6.83. The van der Waals surface area contributed by atoms with Crippen molar-refractivity contribution in [2.45, 2.75) is 26.1 Å². The van der Waals surface area contributed by atoms with Crippen molar-refractivity contribution < 1.29 is 9.18 Å². The van der Waals surface area contributed by atoms with Crippen LogP contribution in [0.2, 0.25) is 0 Å². The van der Waals surface area contributed by atoms with E-state index < -0.39 is 11.6 Å². The Morgan fingerprint density at radius 1 is 1.80 bits per heavy atom. The Labute approximate surface area is 86.3 Å². The van der Waals surface area contributed by atoms with E-state index >= 15 is 0 Å². The predicted molar refractivity (Wildman–Crippen MR) is 50.6 cm³/mol. The Balaban J connectivity index is 3.05. The lowest BCUT2D eigenvalue weighted by Crippen LogP contribution is -2.21. The van der Waals surface area contributed by atoms with Crippen molar-refractivity contribution >= 4 is 5.91 Å². The standard InChI is InChI=1S/C9H11FN4O/c1-9(2,10)5-14-4-6(8(12)15)7(3-11)13-14/h4H,5H2,1-2H3,(H2,12,15). The molecule has 1 aromatic rings. The molecule has 1 amide bonds. The number of aromatic nitrogens is 2. The number of nitrogens with zero attached hydrogens (tertiary/aromatic N) is 3. The number of carbonyl (C=O) groups excluding carboxylic acids is 1. The highest BCUT2D eigenvalue weighted by Gasteiger charge is 2.20. The van der Waals surface area contributed by atoms with Gasteiger partial charge in [-0.1, -0.05) is 0 Å². The average Bonchev–Trinajstić information content (AvgIpc) is 2.44. The fraction of sp³-hybridized carbons (Fsp3) is 0.444. The highest BCUT2D eigenvalue weighted by atomic mass is 19.1. The van der Waals surface area contributed by atoms with Crippen LogP contribution in [0.4, 0.5) is 4.39 Å². The highest BCUT2D eigenvalue weighted by molar-refractivity contribution is 5.94. The number of halogens is 1. The zero-order chi connectivity index (χ0) is 11.6. The van der Waals surface area contributed by atoms with Crippen molar-refractivity contribution in [3.63, 3.8) is 0 Å². The van der Waals surface area contributed by atoms with Gasteiger partial charge in [0.1, 0.15) is 11.7 Å². The van der Waals surface area contributed by atoms with Crippen LogP contribution in [0.5, 0.6) is 0 Å². The lowest BCUT2D eigenvalue weighted by Gasteiger charge is -2.12. The topological polar surface area (TPSA) is 84.7 Å². The van der Waals surface area contributed by atoms with Gasteiger partial charge in [-0.3, -0.25) is 9.48 Å². The molecular weight excluding hydrogens is 199 g/mol. The molecule has 1 rings (SSSR count). The molecule has 1 heterocycles. The van der Waals surface area contributed by atoms with Crippen molar-refractivity contribution in [1.82, 2.24) is 9.78 Å². The van der Waals surface area contributed by atoms with Crippen LogP contribution in [0.1, 0.15) is 29.9 Å². The summed E-state index contributed by atoms with van der Waals surface area (Å²) in [5, 5.41) is 12.4. The van der Waals surface area contributed by atoms with Gasteiger partial charge in [0.15, 0.2) is 5.69 Å². The summed E-state index contributed by atoms with van der Waals surface area (Å²) in [5.41, 5.74) is 3.50. The summed E-state index contributed by atoms with van der Waals surface area (Å²) < 4.78 is 14.5. The second kappa shape index (κ2) is 3.69. The molecule has 2 N–H and O–H groups in total. The fourth-order valence-corrected chi connectivity index (χ4v) is 1.15. The van der Waals surface area contributed by atoms with Gasteiger partial charge in [0.2, 0.25) is 0 Å². The summed E-state index contributed by atoms with van der Waals surface area (Å²) in [6, 6.07) is 1.73. The molecule has 0 atom stereocenters. The lowest BCUT2D eigenvalue weighted by molar-refractivity contribution is 0.0999. The quantitative estimate of drug-likeness (QED) is 0.792. The Bertz CT molecular complexity index is 424. The molecule has 0 saturated carbocycles. The van der Waals surface area contributed by atoms with Gasteiger partial charge in [0.25, 0.3) is 5.91 Å². The van der Waals surface area contributed by atoms with Crippen molar-refractivity contribution in [2.24, 2.45) is 5.73 Å². The summed E-state index contributed by atoms with van der Waals surface area (Å²) >= 11 is 0. The van der Waals surface area contributed by atoms with E-state index in [0.717, 1.165) is 0 Å². The molecular formula is C9H11FN4O. The molecule has 5 nitrogen and oxygen atoms in total. The normalized spacial score (nSPS) is 11.1. The van der Waals surface area contributed by atoms with Crippen LogP contribution in [0.15, 0.2) is 6.20 Å². The Hall–Kier alpha value is -1.90. The minimum atomic E-state index is -1.46. The Kier molecular flexibility index (Phi) is 2.75. The molecule has 0 fully saturated rings. The van der Waals surface area contributed by atoms with Gasteiger partial charge in [-0.05, 0) is 13.8 Å². The number of carbonyl (C=O) groups is 1. The lowest BCUT2D eigenvalue weighted by atomic mass is 10.2. The van der Waals surface area contributed by atoms with Gasteiger partial charge < -0.3 is 5.73 Å². The molecule has 0 unspecified atom stereocenters. The van der Waals surface area contributed by atoms with Gasteiger partial charge >= 0.3 is 0 Å². The number of hydrogen-bond donors (Lipinski definition) is 1. The maximum absolute atomic E-state index is 13.3. The van der Waals surface area contributed by atoms with Crippen LogP contribution in [0.25, 0.3) is 0 Å². The molecule has 1 aromatic heterocycles. The van der Waals surface area contributed by atoms with Crippen LogP contribution in [-0.2, 0) is 6.54 Å². The second-order valence-electron chi connectivity index (χ2n) is 3.78. The summed E-state index contributed by atoms with van der Waals surface area (Å²) in [6.07, 6.45) is 1.28. The molecule has 0 aliphatic carbocycles.